The summed E-state index contributed by atoms with van der Waals surface area (Å²) in [4.78, 5) is 18.6. The second kappa shape index (κ2) is 7.66. The molecule has 1 aromatic carbocycles. The van der Waals surface area contributed by atoms with E-state index < -0.39 is 0 Å². The second-order valence-electron chi connectivity index (χ2n) is 6.54. The molecule has 0 fully saturated rings. The van der Waals surface area contributed by atoms with Gasteiger partial charge in [0.1, 0.15) is 5.82 Å². The van der Waals surface area contributed by atoms with Crippen LogP contribution in [0.15, 0.2) is 36.4 Å². The van der Waals surface area contributed by atoms with Gasteiger partial charge in [0.25, 0.3) is 0 Å². The van der Waals surface area contributed by atoms with Crippen molar-refractivity contribution in [3.8, 4) is 0 Å². The number of pyridine rings is 1. The van der Waals surface area contributed by atoms with Gasteiger partial charge in [0.05, 0.1) is 18.4 Å². The lowest BCUT2D eigenvalue weighted by atomic mass is 9.99. The van der Waals surface area contributed by atoms with Gasteiger partial charge in [-0.25, -0.2) is 9.78 Å². The van der Waals surface area contributed by atoms with Gasteiger partial charge in [0.15, 0.2) is 0 Å². The Labute approximate surface area is 149 Å². The molecule has 5 nitrogen and oxygen atoms in total. The summed E-state index contributed by atoms with van der Waals surface area (Å²) in [6.07, 6.45) is 1.10. The Balaban J connectivity index is 1.59. The first-order valence-electron chi connectivity index (χ1n) is 8.69. The molecule has 1 aromatic heterocycles. The largest absolute Gasteiger partial charge is 0.465 e. The van der Waals surface area contributed by atoms with Crippen LogP contribution in [0.5, 0.6) is 0 Å². The van der Waals surface area contributed by atoms with Crippen molar-refractivity contribution in [3.63, 3.8) is 0 Å². The average molecular weight is 339 g/mol. The lowest BCUT2D eigenvalue weighted by Crippen LogP contribution is -2.41. The maximum absolute atomic E-state index is 11.6. The summed E-state index contributed by atoms with van der Waals surface area (Å²) in [5, 5.41) is 3.39. The molecule has 2 aromatic rings. The number of anilines is 1. The Morgan fingerprint density at radius 3 is 2.76 bits per heavy atom. The van der Waals surface area contributed by atoms with E-state index in [-0.39, 0.29) is 5.97 Å². The fourth-order valence-electron chi connectivity index (χ4n) is 3.26. The van der Waals surface area contributed by atoms with Crippen LogP contribution in [0.2, 0.25) is 0 Å². The maximum atomic E-state index is 11.6. The molecular weight excluding hydrogens is 314 g/mol. The van der Waals surface area contributed by atoms with E-state index in [2.05, 4.69) is 46.4 Å². The lowest BCUT2D eigenvalue weighted by Gasteiger charge is -2.33. The minimum atomic E-state index is -0.350. The molecule has 0 saturated heterocycles. The minimum absolute atomic E-state index is 0.350. The smallest absolute Gasteiger partial charge is 0.339 e. The molecule has 1 N–H and O–H groups in total. The summed E-state index contributed by atoms with van der Waals surface area (Å²) in [5.41, 5.74) is 4.08. The van der Waals surface area contributed by atoms with E-state index >= 15 is 0 Å². The summed E-state index contributed by atoms with van der Waals surface area (Å²) < 4.78 is 4.76. The van der Waals surface area contributed by atoms with Gasteiger partial charge in [-0.3, -0.25) is 4.90 Å². The number of fused-ring (bicyclic) bond motifs is 1. The summed E-state index contributed by atoms with van der Waals surface area (Å²) >= 11 is 0. The Morgan fingerprint density at radius 2 is 2.04 bits per heavy atom. The van der Waals surface area contributed by atoms with Gasteiger partial charge in [-0.15, -0.1) is 0 Å². The Kier molecular flexibility index (Phi) is 5.34. The number of carbonyl (C=O) groups excluding carboxylic acids is 1. The number of rotatable bonds is 5. The van der Waals surface area contributed by atoms with Gasteiger partial charge in [-0.1, -0.05) is 24.3 Å². The number of ether oxygens (including phenoxy) is 1. The molecule has 0 aliphatic carbocycles. The Morgan fingerprint density at radius 1 is 1.28 bits per heavy atom. The van der Waals surface area contributed by atoms with E-state index in [9.17, 15) is 4.79 Å². The van der Waals surface area contributed by atoms with Crippen LogP contribution in [0.4, 0.5) is 5.82 Å². The highest BCUT2D eigenvalue weighted by Gasteiger charge is 2.20. The third-order valence-electron chi connectivity index (χ3n) is 4.85. The van der Waals surface area contributed by atoms with E-state index in [0.29, 0.717) is 17.3 Å². The molecule has 0 saturated carbocycles. The van der Waals surface area contributed by atoms with Crippen LogP contribution in [0, 0.1) is 6.92 Å². The summed E-state index contributed by atoms with van der Waals surface area (Å²) in [6, 6.07) is 12.7. The molecule has 1 aliphatic heterocycles. The molecule has 0 amide bonds. The van der Waals surface area contributed by atoms with Crippen LogP contribution >= 0.6 is 0 Å². The topological polar surface area (TPSA) is 54.5 Å². The van der Waals surface area contributed by atoms with Crippen molar-refractivity contribution in [1.29, 1.82) is 0 Å². The number of methoxy groups -OCH3 is 1. The van der Waals surface area contributed by atoms with E-state index in [4.69, 9.17) is 4.74 Å². The van der Waals surface area contributed by atoms with Crippen LogP contribution < -0.4 is 5.32 Å². The first-order valence-corrected chi connectivity index (χ1v) is 8.69. The van der Waals surface area contributed by atoms with Crippen molar-refractivity contribution < 1.29 is 9.53 Å². The number of hydrogen-bond donors (Lipinski definition) is 1. The lowest BCUT2D eigenvalue weighted by molar-refractivity contribution is 0.0599. The van der Waals surface area contributed by atoms with Crippen molar-refractivity contribution in [3.05, 3.63) is 58.8 Å². The van der Waals surface area contributed by atoms with Gasteiger partial charge in [-0.05, 0) is 43.5 Å². The maximum Gasteiger partial charge on any atom is 0.339 e. The molecule has 1 unspecified atom stereocenters. The van der Waals surface area contributed by atoms with Crippen LogP contribution in [-0.2, 0) is 17.7 Å². The zero-order valence-electron chi connectivity index (χ0n) is 15.1. The van der Waals surface area contributed by atoms with E-state index in [1.807, 2.05) is 13.0 Å². The summed E-state index contributed by atoms with van der Waals surface area (Å²) in [7, 11) is 1.38. The van der Waals surface area contributed by atoms with Crippen molar-refractivity contribution in [2.24, 2.45) is 0 Å². The number of hydrogen-bond acceptors (Lipinski definition) is 5. The molecule has 3 rings (SSSR count). The SMILES string of the molecule is COC(=O)c1ccc(NCC(C)N2CCc3ccccc3C2)nc1C. The van der Waals surface area contributed by atoms with Crippen molar-refractivity contribution in [2.75, 3.05) is 25.5 Å². The number of aromatic nitrogens is 1. The van der Waals surface area contributed by atoms with Crippen LogP contribution in [-0.4, -0.2) is 42.1 Å². The molecule has 1 aliphatic rings. The third kappa shape index (κ3) is 3.99. The molecule has 132 valence electrons. The zero-order valence-corrected chi connectivity index (χ0v) is 15.1. The molecule has 1 atom stereocenters. The highest BCUT2D eigenvalue weighted by molar-refractivity contribution is 5.90. The fourth-order valence-corrected chi connectivity index (χ4v) is 3.26. The van der Waals surface area contributed by atoms with Gasteiger partial charge in [-0.2, -0.15) is 0 Å². The third-order valence-corrected chi connectivity index (χ3v) is 4.85. The Hall–Kier alpha value is -2.40. The molecule has 0 bridgehead atoms. The highest BCUT2D eigenvalue weighted by atomic mass is 16.5. The van der Waals surface area contributed by atoms with Gasteiger partial charge < -0.3 is 10.1 Å². The second-order valence-corrected chi connectivity index (χ2v) is 6.54. The zero-order chi connectivity index (χ0) is 17.8. The quantitative estimate of drug-likeness (QED) is 0.849. The molecule has 0 spiro atoms. The number of benzene rings is 1. The van der Waals surface area contributed by atoms with E-state index in [1.165, 1.54) is 18.2 Å². The number of carbonyl (C=O) groups is 1. The van der Waals surface area contributed by atoms with Gasteiger partial charge in [0.2, 0.25) is 0 Å². The minimum Gasteiger partial charge on any atom is -0.465 e. The highest BCUT2D eigenvalue weighted by Crippen LogP contribution is 2.20. The predicted octanol–water partition coefficient (Wildman–Crippen LogP) is 3.04. The van der Waals surface area contributed by atoms with Crippen LogP contribution in [0.1, 0.15) is 34.1 Å². The standard InChI is InChI=1S/C20H25N3O2/c1-14(23-11-10-16-6-4-5-7-17(16)13-23)12-21-19-9-8-18(15(2)22-19)20(24)25-3/h4-9,14H,10-13H2,1-3H3,(H,21,22). The van der Waals surface area contributed by atoms with Crippen molar-refractivity contribution in [1.82, 2.24) is 9.88 Å². The van der Waals surface area contributed by atoms with Crippen LogP contribution in [0.3, 0.4) is 0 Å². The molecular formula is C20H25N3O2. The molecule has 5 heteroatoms. The van der Waals surface area contributed by atoms with Gasteiger partial charge in [0, 0.05) is 25.7 Å². The molecule has 2 heterocycles. The van der Waals surface area contributed by atoms with E-state index in [1.54, 1.807) is 6.07 Å². The van der Waals surface area contributed by atoms with Gasteiger partial charge >= 0.3 is 5.97 Å². The summed E-state index contributed by atoms with van der Waals surface area (Å²) in [6.45, 7) is 6.94. The fraction of sp³-hybridized carbons (Fsp3) is 0.400. The number of nitrogens with one attached hydrogen (secondary N) is 1. The number of esters is 1. The van der Waals surface area contributed by atoms with Crippen LogP contribution in [0.25, 0.3) is 0 Å². The Bertz CT molecular complexity index is 760. The number of nitrogens with zero attached hydrogens (tertiary/aromatic N) is 2. The normalized spacial score (nSPS) is 15.3. The summed E-state index contributed by atoms with van der Waals surface area (Å²) in [5.74, 6) is 0.436. The van der Waals surface area contributed by atoms with E-state index in [0.717, 1.165) is 31.9 Å². The van der Waals surface area contributed by atoms with Crippen molar-refractivity contribution >= 4 is 11.8 Å². The molecule has 0 radical (unpaired) electrons. The first kappa shape index (κ1) is 17.4. The monoisotopic (exact) mass is 339 g/mol. The predicted molar refractivity (Wildman–Crippen MR) is 98.8 cm³/mol. The van der Waals surface area contributed by atoms with Crippen molar-refractivity contribution in [2.45, 2.75) is 32.9 Å². The molecule has 25 heavy (non-hydrogen) atoms. The average Bonchev–Trinajstić information content (AvgIpc) is 2.65. The number of aryl methyl sites for hydroxylation is 1. The first-order chi connectivity index (χ1) is 12.1.